The molecule has 0 amide bonds. The van der Waals surface area contributed by atoms with Crippen molar-refractivity contribution in [2.75, 3.05) is 7.05 Å². The zero-order valence-corrected chi connectivity index (χ0v) is 15.1. The molecule has 1 heterocycles. The van der Waals surface area contributed by atoms with E-state index in [2.05, 4.69) is 26.5 Å². The number of nitrogens with one attached hydrogen (secondary N) is 1. The molecule has 0 bridgehead atoms. The van der Waals surface area contributed by atoms with Crippen molar-refractivity contribution >= 4 is 17.6 Å². The third-order valence-electron chi connectivity index (χ3n) is 4.13. The van der Waals surface area contributed by atoms with Crippen molar-refractivity contribution in [3.8, 4) is 0 Å². The predicted octanol–water partition coefficient (Wildman–Crippen LogP) is 2.52. The van der Waals surface area contributed by atoms with Gasteiger partial charge in [0.1, 0.15) is 12.4 Å². The molecule has 0 saturated heterocycles. The number of aryl methyl sites for hydroxylation is 1. The molecule has 0 spiro atoms. The molecule has 0 radical (unpaired) electrons. The van der Waals surface area contributed by atoms with Gasteiger partial charge in [-0.05, 0) is 37.5 Å². The third-order valence-corrected chi connectivity index (χ3v) is 4.37. The first-order chi connectivity index (χ1) is 11.5. The highest BCUT2D eigenvalue weighted by Crippen LogP contribution is 2.19. The van der Waals surface area contributed by atoms with E-state index in [1.54, 1.807) is 0 Å². The number of halogens is 1. The van der Waals surface area contributed by atoms with Gasteiger partial charge in [0.15, 0.2) is 11.8 Å². The summed E-state index contributed by atoms with van der Waals surface area (Å²) in [6, 6.07) is 8.45. The van der Waals surface area contributed by atoms with Crippen LogP contribution in [0.25, 0.3) is 0 Å². The van der Waals surface area contributed by atoms with Gasteiger partial charge in [0.25, 0.3) is 0 Å². The summed E-state index contributed by atoms with van der Waals surface area (Å²) in [6.45, 7) is 3.19. The standard InChI is InChI=1S/C17H23ClN6/c1-12-21-22-16(24(12)3)10-19-17(20-15-7-8-15)23(2)11-13-5-4-6-14(18)9-13/h4-6,9,15H,7-8,10-11H2,1-3H3,(H,19,20). The molecule has 0 aliphatic heterocycles. The second-order valence-corrected chi connectivity index (χ2v) is 6.70. The minimum atomic E-state index is 0.506. The van der Waals surface area contributed by atoms with Gasteiger partial charge in [0.2, 0.25) is 0 Å². The molecule has 1 aromatic carbocycles. The van der Waals surface area contributed by atoms with Crippen molar-refractivity contribution in [1.29, 1.82) is 0 Å². The molecule has 1 saturated carbocycles. The molecule has 128 valence electrons. The lowest BCUT2D eigenvalue weighted by molar-refractivity contribution is 0.473. The van der Waals surface area contributed by atoms with Crippen LogP contribution in [0.5, 0.6) is 0 Å². The van der Waals surface area contributed by atoms with E-state index in [-0.39, 0.29) is 0 Å². The number of hydrogen-bond acceptors (Lipinski definition) is 3. The van der Waals surface area contributed by atoms with Crippen LogP contribution in [0.1, 0.15) is 30.1 Å². The van der Waals surface area contributed by atoms with Gasteiger partial charge in [-0.15, -0.1) is 10.2 Å². The zero-order valence-electron chi connectivity index (χ0n) is 14.3. The Labute approximate surface area is 147 Å². The summed E-state index contributed by atoms with van der Waals surface area (Å²) in [7, 11) is 4.00. The van der Waals surface area contributed by atoms with Gasteiger partial charge in [0, 0.05) is 31.7 Å². The second kappa shape index (κ2) is 7.21. The number of nitrogens with zero attached hydrogens (tertiary/aromatic N) is 5. The summed E-state index contributed by atoms with van der Waals surface area (Å²) >= 11 is 6.08. The molecule has 0 atom stereocenters. The fourth-order valence-corrected chi connectivity index (χ4v) is 2.62. The molecular formula is C17H23ClN6. The van der Waals surface area contributed by atoms with Crippen LogP contribution in [0, 0.1) is 6.92 Å². The molecule has 6 nitrogen and oxygen atoms in total. The van der Waals surface area contributed by atoms with Crippen LogP contribution >= 0.6 is 11.6 Å². The van der Waals surface area contributed by atoms with Crippen molar-refractivity contribution in [2.45, 2.75) is 38.9 Å². The molecule has 24 heavy (non-hydrogen) atoms. The number of hydrogen-bond donors (Lipinski definition) is 1. The van der Waals surface area contributed by atoms with E-state index in [9.17, 15) is 0 Å². The maximum Gasteiger partial charge on any atom is 0.194 e. The molecule has 1 aliphatic carbocycles. The van der Waals surface area contributed by atoms with Crippen LogP contribution in [0.4, 0.5) is 0 Å². The fourth-order valence-electron chi connectivity index (χ4n) is 2.41. The van der Waals surface area contributed by atoms with Crippen LogP contribution in [-0.2, 0) is 20.1 Å². The van der Waals surface area contributed by atoms with Gasteiger partial charge in [-0.2, -0.15) is 0 Å². The van der Waals surface area contributed by atoms with Gasteiger partial charge in [-0.25, -0.2) is 4.99 Å². The van der Waals surface area contributed by atoms with Crippen molar-refractivity contribution in [2.24, 2.45) is 12.0 Å². The predicted molar refractivity (Wildman–Crippen MR) is 96.0 cm³/mol. The van der Waals surface area contributed by atoms with Crippen molar-refractivity contribution < 1.29 is 0 Å². The molecular weight excluding hydrogens is 324 g/mol. The van der Waals surface area contributed by atoms with Gasteiger partial charge >= 0.3 is 0 Å². The van der Waals surface area contributed by atoms with E-state index in [1.165, 1.54) is 12.8 Å². The lowest BCUT2D eigenvalue weighted by Crippen LogP contribution is -2.39. The van der Waals surface area contributed by atoms with Gasteiger partial charge < -0.3 is 14.8 Å². The zero-order chi connectivity index (χ0) is 17.1. The van der Waals surface area contributed by atoms with E-state index in [1.807, 2.05) is 43.8 Å². The molecule has 2 aromatic rings. The number of aliphatic imine (C=N–C) groups is 1. The van der Waals surface area contributed by atoms with Crippen LogP contribution < -0.4 is 5.32 Å². The topological polar surface area (TPSA) is 58.3 Å². The highest BCUT2D eigenvalue weighted by atomic mass is 35.5. The van der Waals surface area contributed by atoms with E-state index in [0.29, 0.717) is 12.6 Å². The Morgan fingerprint density at radius 1 is 1.42 bits per heavy atom. The molecule has 3 rings (SSSR count). The van der Waals surface area contributed by atoms with E-state index < -0.39 is 0 Å². The van der Waals surface area contributed by atoms with Crippen molar-refractivity contribution in [3.63, 3.8) is 0 Å². The lowest BCUT2D eigenvalue weighted by Gasteiger charge is -2.22. The minimum Gasteiger partial charge on any atom is -0.353 e. The first-order valence-corrected chi connectivity index (χ1v) is 8.52. The summed E-state index contributed by atoms with van der Waals surface area (Å²) in [5, 5.41) is 12.5. The first kappa shape index (κ1) is 16.8. The maximum atomic E-state index is 6.08. The van der Waals surface area contributed by atoms with Crippen LogP contribution in [-0.4, -0.2) is 38.7 Å². The monoisotopic (exact) mass is 346 g/mol. The first-order valence-electron chi connectivity index (χ1n) is 8.14. The summed E-state index contributed by atoms with van der Waals surface area (Å²) in [6.07, 6.45) is 2.40. The average molecular weight is 347 g/mol. The molecule has 0 unspecified atom stereocenters. The Morgan fingerprint density at radius 3 is 2.83 bits per heavy atom. The summed E-state index contributed by atoms with van der Waals surface area (Å²) in [5.74, 6) is 2.64. The molecule has 1 N–H and O–H groups in total. The molecule has 7 heteroatoms. The average Bonchev–Trinajstić information content (AvgIpc) is 3.31. The van der Waals surface area contributed by atoms with Crippen LogP contribution in [0.15, 0.2) is 29.3 Å². The van der Waals surface area contributed by atoms with E-state index >= 15 is 0 Å². The fraction of sp³-hybridized carbons (Fsp3) is 0.471. The Balaban J connectivity index is 1.72. The SMILES string of the molecule is Cc1nnc(CN=C(NC2CC2)N(C)Cc2cccc(Cl)c2)n1C. The number of benzene rings is 1. The number of guanidine groups is 1. The number of aromatic nitrogens is 3. The van der Waals surface area contributed by atoms with E-state index in [0.717, 1.165) is 34.7 Å². The summed E-state index contributed by atoms with van der Waals surface area (Å²) < 4.78 is 1.97. The van der Waals surface area contributed by atoms with Crippen LogP contribution in [0.3, 0.4) is 0 Å². The summed E-state index contributed by atoms with van der Waals surface area (Å²) in [4.78, 5) is 6.86. The highest BCUT2D eigenvalue weighted by molar-refractivity contribution is 6.30. The second-order valence-electron chi connectivity index (χ2n) is 6.27. The van der Waals surface area contributed by atoms with Crippen molar-refractivity contribution in [3.05, 3.63) is 46.5 Å². The Bertz CT molecular complexity index is 734. The largest absolute Gasteiger partial charge is 0.353 e. The van der Waals surface area contributed by atoms with Crippen molar-refractivity contribution in [1.82, 2.24) is 25.0 Å². The maximum absolute atomic E-state index is 6.08. The number of rotatable bonds is 5. The molecule has 1 fully saturated rings. The summed E-state index contributed by atoms with van der Waals surface area (Å²) in [5.41, 5.74) is 1.16. The normalized spacial score (nSPS) is 14.8. The highest BCUT2D eigenvalue weighted by Gasteiger charge is 2.24. The lowest BCUT2D eigenvalue weighted by atomic mass is 10.2. The van der Waals surface area contributed by atoms with Gasteiger partial charge in [0.05, 0.1) is 0 Å². The smallest absolute Gasteiger partial charge is 0.194 e. The Hall–Kier alpha value is -2.08. The molecule has 1 aromatic heterocycles. The molecule has 1 aliphatic rings. The van der Waals surface area contributed by atoms with Gasteiger partial charge in [-0.3, -0.25) is 0 Å². The minimum absolute atomic E-state index is 0.506. The van der Waals surface area contributed by atoms with Crippen LogP contribution in [0.2, 0.25) is 5.02 Å². The Kier molecular flexibility index (Phi) is 5.04. The third kappa shape index (κ3) is 4.26. The van der Waals surface area contributed by atoms with E-state index in [4.69, 9.17) is 16.6 Å². The van der Waals surface area contributed by atoms with Gasteiger partial charge in [-0.1, -0.05) is 23.7 Å². The quantitative estimate of drug-likeness (QED) is 0.667. The Morgan fingerprint density at radius 2 is 2.21 bits per heavy atom.